The molecule has 3 unspecified atom stereocenters. The van der Waals surface area contributed by atoms with Gasteiger partial charge in [0, 0.05) is 5.54 Å². The molecule has 0 aliphatic carbocycles. The Morgan fingerprint density at radius 1 is 1.28 bits per heavy atom. The monoisotopic (exact) mass is 255 g/mol. The van der Waals surface area contributed by atoms with Crippen LogP contribution in [0, 0.1) is 5.92 Å². The van der Waals surface area contributed by atoms with E-state index in [2.05, 4.69) is 46.9 Å². The van der Waals surface area contributed by atoms with Gasteiger partial charge in [0.15, 0.2) is 0 Å². The van der Waals surface area contributed by atoms with Gasteiger partial charge in [-0.2, -0.15) is 0 Å². The molecule has 1 saturated heterocycles. The molecule has 2 nitrogen and oxygen atoms in total. The molecule has 1 N–H and O–H groups in total. The molecular weight excluding hydrogens is 222 g/mol. The molecule has 0 radical (unpaired) electrons. The Labute approximate surface area is 114 Å². The fourth-order valence-corrected chi connectivity index (χ4v) is 3.49. The summed E-state index contributed by atoms with van der Waals surface area (Å²) >= 11 is 0. The van der Waals surface area contributed by atoms with Crippen molar-refractivity contribution in [3.05, 3.63) is 0 Å². The van der Waals surface area contributed by atoms with Gasteiger partial charge in [0.05, 0.1) is 6.10 Å². The lowest BCUT2D eigenvalue weighted by atomic mass is 9.82. The van der Waals surface area contributed by atoms with Crippen LogP contribution in [-0.4, -0.2) is 17.4 Å². The summed E-state index contributed by atoms with van der Waals surface area (Å²) in [5.74, 6) is 0.583. The third-order valence-electron chi connectivity index (χ3n) is 4.17. The molecule has 0 amide bonds. The minimum Gasteiger partial charge on any atom is -0.357 e. The van der Waals surface area contributed by atoms with Gasteiger partial charge in [-0.25, -0.2) is 0 Å². The van der Waals surface area contributed by atoms with Gasteiger partial charge in [0.2, 0.25) is 0 Å². The molecule has 1 aliphatic heterocycles. The maximum Gasteiger partial charge on any atom is 0.122 e. The van der Waals surface area contributed by atoms with Crippen LogP contribution in [0.15, 0.2) is 0 Å². The Balaban J connectivity index is 2.83. The largest absolute Gasteiger partial charge is 0.357 e. The highest BCUT2D eigenvalue weighted by molar-refractivity contribution is 4.96. The van der Waals surface area contributed by atoms with Gasteiger partial charge in [-0.3, -0.25) is 5.32 Å². The zero-order chi connectivity index (χ0) is 13.8. The SMILES string of the molecule is CCCCC(C)C1(CCC)NC(C)(C)CC(C)O1. The number of hydrogen-bond donors (Lipinski definition) is 1. The quantitative estimate of drug-likeness (QED) is 0.755. The van der Waals surface area contributed by atoms with Gasteiger partial charge in [-0.15, -0.1) is 0 Å². The van der Waals surface area contributed by atoms with Crippen molar-refractivity contribution in [1.29, 1.82) is 0 Å². The second-order valence-electron chi connectivity index (χ2n) is 6.82. The van der Waals surface area contributed by atoms with E-state index in [1.54, 1.807) is 0 Å². The Hall–Kier alpha value is -0.0800. The topological polar surface area (TPSA) is 21.3 Å². The Kier molecular flexibility index (Phi) is 5.67. The molecule has 1 fully saturated rings. The molecule has 1 aliphatic rings. The van der Waals surface area contributed by atoms with Crippen LogP contribution in [0.25, 0.3) is 0 Å². The fraction of sp³-hybridized carbons (Fsp3) is 1.00. The molecule has 0 aromatic rings. The molecule has 18 heavy (non-hydrogen) atoms. The van der Waals surface area contributed by atoms with Crippen LogP contribution in [-0.2, 0) is 4.74 Å². The van der Waals surface area contributed by atoms with Gasteiger partial charge in [0.1, 0.15) is 5.72 Å². The molecule has 3 atom stereocenters. The molecule has 2 heteroatoms. The molecule has 108 valence electrons. The van der Waals surface area contributed by atoms with E-state index in [-0.39, 0.29) is 11.3 Å². The summed E-state index contributed by atoms with van der Waals surface area (Å²) < 4.78 is 6.40. The minimum absolute atomic E-state index is 0.106. The van der Waals surface area contributed by atoms with Gasteiger partial charge < -0.3 is 4.74 Å². The van der Waals surface area contributed by atoms with Crippen molar-refractivity contribution in [2.75, 3.05) is 0 Å². The summed E-state index contributed by atoms with van der Waals surface area (Å²) in [7, 11) is 0. The standard InChI is InChI=1S/C16H33NO/c1-7-9-10-13(3)16(11-8-2)17-15(5,6)12-14(4)18-16/h13-14,17H,7-12H2,1-6H3. The average Bonchev–Trinajstić information content (AvgIpc) is 2.23. The average molecular weight is 255 g/mol. The predicted molar refractivity (Wildman–Crippen MR) is 78.7 cm³/mol. The van der Waals surface area contributed by atoms with Gasteiger partial charge >= 0.3 is 0 Å². The van der Waals surface area contributed by atoms with Crippen molar-refractivity contribution in [1.82, 2.24) is 5.32 Å². The Morgan fingerprint density at radius 3 is 2.44 bits per heavy atom. The van der Waals surface area contributed by atoms with Crippen LogP contribution in [0.4, 0.5) is 0 Å². The van der Waals surface area contributed by atoms with Crippen LogP contribution in [0.5, 0.6) is 0 Å². The second kappa shape index (κ2) is 6.38. The first-order chi connectivity index (χ1) is 8.35. The molecule has 1 heterocycles. The summed E-state index contributed by atoms with van der Waals surface area (Å²) in [6, 6.07) is 0. The van der Waals surface area contributed by atoms with Crippen molar-refractivity contribution in [3.8, 4) is 0 Å². The summed E-state index contributed by atoms with van der Waals surface area (Å²) in [4.78, 5) is 0. The highest BCUT2D eigenvalue weighted by Crippen LogP contribution is 2.37. The molecule has 1 rings (SSSR count). The molecule has 0 aromatic carbocycles. The maximum absolute atomic E-state index is 6.40. The van der Waals surface area contributed by atoms with Crippen LogP contribution in [0.3, 0.4) is 0 Å². The van der Waals surface area contributed by atoms with Crippen molar-refractivity contribution < 1.29 is 4.74 Å². The van der Waals surface area contributed by atoms with E-state index in [1.807, 2.05) is 0 Å². The lowest BCUT2D eigenvalue weighted by molar-refractivity contribution is -0.195. The normalized spacial score (nSPS) is 33.3. The number of ether oxygens (including phenoxy) is 1. The van der Waals surface area contributed by atoms with Crippen LogP contribution < -0.4 is 5.32 Å². The first-order valence-electron chi connectivity index (χ1n) is 7.82. The molecule has 0 spiro atoms. The Morgan fingerprint density at radius 2 is 1.94 bits per heavy atom. The molecule has 0 bridgehead atoms. The van der Waals surface area contributed by atoms with Crippen molar-refractivity contribution >= 4 is 0 Å². The highest BCUT2D eigenvalue weighted by Gasteiger charge is 2.45. The second-order valence-corrected chi connectivity index (χ2v) is 6.82. The van der Waals surface area contributed by atoms with E-state index in [0.717, 1.165) is 12.8 Å². The lowest BCUT2D eigenvalue weighted by Gasteiger charge is -2.52. The van der Waals surface area contributed by atoms with Crippen LogP contribution >= 0.6 is 0 Å². The van der Waals surface area contributed by atoms with Crippen LogP contribution in [0.1, 0.15) is 80.1 Å². The third-order valence-corrected chi connectivity index (χ3v) is 4.17. The lowest BCUT2D eigenvalue weighted by Crippen LogP contribution is -2.65. The predicted octanol–water partition coefficient (Wildman–Crippen LogP) is 4.49. The first kappa shape index (κ1) is 16.0. The number of unbranched alkanes of at least 4 members (excludes halogenated alkanes) is 1. The smallest absolute Gasteiger partial charge is 0.122 e. The number of rotatable bonds is 6. The van der Waals surface area contributed by atoms with Crippen molar-refractivity contribution in [3.63, 3.8) is 0 Å². The summed E-state index contributed by atoms with van der Waals surface area (Å²) in [6.07, 6.45) is 7.57. The van der Waals surface area contributed by atoms with Crippen LogP contribution in [0.2, 0.25) is 0 Å². The van der Waals surface area contributed by atoms with Gasteiger partial charge in [-0.1, -0.05) is 40.0 Å². The summed E-state index contributed by atoms with van der Waals surface area (Å²) in [5, 5.41) is 3.82. The molecule has 0 aromatic heterocycles. The van der Waals surface area contributed by atoms with E-state index in [4.69, 9.17) is 4.74 Å². The first-order valence-corrected chi connectivity index (χ1v) is 7.82. The summed E-state index contributed by atoms with van der Waals surface area (Å²) in [5.41, 5.74) is 0.0817. The van der Waals surface area contributed by atoms with E-state index in [1.165, 1.54) is 25.7 Å². The van der Waals surface area contributed by atoms with E-state index in [0.29, 0.717) is 12.0 Å². The van der Waals surface area contributed by atoms with Crippen molar-refractivity contribution in [2.24, 2.45) is 5.92 Å². The van der Waals surface area contributed by atoms with Gasteiger partial charge in [-0.05, 0) is 46.0 Å². The highest BCUT2D eigenvalue weighted by atomic mass is 16.5. The minimum atomic E-state index is -0.106. The molecular formula is C16H33NO. The van der Waals surface area contributed by atoms with Gasteiger partial charge in [0.25, 0.3) is 0 Å². The van der Waals surface area contributed by atoms with E-state index < -0.39 is 0 Å². The third kappa shape index (κ3) is 3.96. The zero-order valence-electron chi connectivity index (χ0n) is 13.3. The number of nitrogens with one attached hydrogen (secondary N) is 1. The number of hydrogen-bond acceptors (Lipinski definition) is 2. The Bertz CT molecular complexity index is 251. The maximum atomic E-state index is 6.40. The zero-order valence-corrected chi connectivity index (χ0v) is 13.3. The summed E-state index contributed by atoms with van der Waals surface area (Å²) in [6.45, 7) is 13.7. The van der Waals surface area contributed by atoms with Crippen molar-refractivity contribution in [2.45, 2.75) is 97.4 Å². The fourth-order valence-electron chi connectivity index (χ4n) is 3.49. The molecule has 0 saturated carbocycles. The van der Waals surface area contributed by atoms with E-state index in [9.17, 15) is 0 Å². The van der Waals surface area contributed by atoms with E-state index >= 15 is 0 Å².